The molecule has 18 heavy (non-hydrogen) atoms. The number of benzene rings is 1. The molecule has 0 aliphatic carbocycles. The molecule has 0 saturated heterocycles. The predicted octanol–water partition coefficient (Wildman–Crippen LogP) is 6.22. The van der Waals surface area contributed by atoms with Gasteiger partial charge >= 0.3 is 0 Å². The van der Waals surface area contributed by atoms with Crippen molar-refractivity contribution in [3.05, 3.63) is 29.8 Å². The second-order valence-electron chi connectivity index (χ2n) is 3.91. The molecule has 1 aromatic carbocycles. The molecular weight excluding hydrogens is 218 g/mol. The van der Waals surface area contributed by atoms with Crippen LogP contribution in [0.4, 0.5) is 5.69 Å². The Balaban J connectivity index is -0.000000194. The molecule has 0 atom stereocenters. The van der Waals surface area contributed by atoms with Crippen molar-refractivity contribution < 1.29 is 0 Å². The van der Waals surface area contributed by atoms with Gasteiger partial charge in [0.05, 0.1) is 0 Å². The molecule has 0 aromatic heterocycles. The summed E-state index contributed by atoms with van der Waals surface area (Å²) in [4.78, 5) is 0. The van der Waals surface area contributed by atoms with Crippen LogP contribution in [0.5, 0.6) is 0 Å². The van der Waals surface area contributed by atoms with Crippen molar-refractivity contribution in [2.75, 3.05) is 5.73 Å². The minimum Gasteiger partial charge on any atom is -0.399 e. The number of aryl methyl sites for hydroxylation is 1. The molecule has 0 saturated carbocycles. The number of unbranched alkanes of at least 4 members (excludes halogenated alkanes) is 2. The van der Waals surface area contributed by atoms with E-state index in [0.29, 0.717) is 0 Å². The summed E-state index contributed by atoms with van der Waals surface area (Å²) in [7, 11) is 0. The van der Waals surface area contributed by atoms with E-state index >= 15 is 0 Å². The number of hydrogen-bond donors (Lipinski definition) is 1. The Kier molecular flexibility index (Phi) is 26.3. The summed E-state index contributed by atoms with van der Waals surface area (Å²) < 4.78 is 0. The van der Waals surface area contributed by atoms with Crippen LogP contribution in [0.15, 0.2) is 24.3 Å². The smallest absolute Gasteiger partial charge is 0.0314 e. The maximum Gasteiger partial charge on any atom is 0.0314 e. The van der Waals surface area contributed by atoms with Gasteiger partial charge in [-0.2, -0.15) is 0 Å². The Morgan fingerprint density at radius 2 is 1.00 bits per heavy atom. The van der Waals surface area contributed by atoms with E-state index in [-0.39, 0.29) is 0 Å². The van der Waals surface area contributed by atoms with Gasteiger partial charge in [-0.1, -0.05) is 84.9 Å². The lowest BCUT2D eigenvalue weighted by Crippen LogP contribution is -1.81. The summed E-state index contributed by atoms with van der Waals surface area (Å²) in [6.45, 7) is 14.8. The fourth-order valence-electron chi connectivity index (χ4n) is 0.566. The van der Waals surface area contributed by atoms with E-state index in [0.717, 1.165) is 5.69 Å². The van der Waals surface area contributed by atoms with E-state index in [1.807, 2.05) is 45.0 Å². The maximum atomic E-state index is 5.43. The van der Waals surface area contributed by atoms with Crippen molar-refractivity contribution in [1.82, 2.24) is 0 Å². The Morgan fingerprint density at radius 1 is 0.722 bits per heavy atom. The van der Waals surface area contributed by atoms with Gasteiger partial charge in [-0.15, -0.1) is 0 Å². The van der Waals surface area contributed by atoms with Gasteiger partial charge in [0.2, 0.25) is 0 Å². The molecule has 108 valence electrons. The maximum absolute atomic E-state index is 5.43. The predicted molar refractivity (Wildman–Crippen MR) is 88.1 cm³/mol. The number of nitrogen functional groups attached to an aromatic ring is 1. The first-order chi connectivity index (χ1) is 8.62. The van der Waals surface area contributed by atoms with Gasteiger partial charge in [0, 0.05) is 5.69 Å². The van der Waals surface area contributed by atoms with Gasteiger partial charge in [0.15, 0.2) is 0 Å². The van der Waals surface area contributed by atoms with Gasteiger partial charge < -0.3 is 5.73 Å². The van der Waals surface area contributed by atoms with Crippen LogP contribution < -0.4 is 5.73 Å². The molecule has 0 radical (unpaired) electrons. The summed E-state index contributed by atoms with van der Waals surface area (Å²) in [6, 6.07) is 7.79. The zero-order valence-corrected chi connectivity index (χ0v) is 13.7. The molecule has 0 bridgehead atoms. The van der Waals surface area contributed by atoms with Gasteiger partial charge in [-0.25, -0.2) is 0 Å². The highest BCUT2D eigenvalue weighted by Gasteiger charge is 1.80. The van der Waals surface area contributed by atoms with Crippen molar-refractivity contribution in [2.24, 2.45) is 0 Å². The first kappa shape index (κ1) is 22.2. The van der Waals surface area contributed by atoms with Crippen LogP contribution in [0.1, 0.15) is 72.8 Å². The third kappa shape index (κ3) is 24.3. The Hall–Kier alpha value is -0.980. The molecule has 0 heterocycles. The van der Waals surface area contributed by atoms with E-state index in [4.69, 9.17) is 5.73 Å². The Labute approximate surface area is 116 Å². The molecule has 0 aliphatic heterocycles. The lowest BCUT2D eigenvalue weighted by atomic mass is 10.2. The van der Waals surface area contributed by atoms with Crippen molar-refractivity contribution >= 4 is 5.69 Å². The van der Waals surface area contributed by atoms with Crippen molar-refractivity contribution in [1.29, 1.82) is 0 Å². The quantitative estimate of drug-likeness (QED) is 0.622. The minimum absolute atomic E-state index is 0.829. The van der Waals surface area contributed by atoms with Crippen LogP contribution in [0.25, 0.3) is 0 Å². The Bertz CT molecular complexity index is 185. The van der Waals surface area contributed by atoms with Crippen molar-refractivity contribution in [2.45, 2.75) is 74.1 Å². The lowest BCUT2D eigenvalue weighted by Gasteiger charge is -1.90. The highest BCUT2D eigenvalue weighted by molar-refractivity contribution is 5.38. The van der Waals surface area contributed by atoms with Crippen LogP contribution >= 0.6 is 0 Å². The fourth-order valence-corrected chi connectivity index (χ4v) is 0.566. The molecule has 0 unspecified atom stereocenters. The summed E-state index contributed by atoms with van der Waals surface area (Å²) in [6.07, 6.45) is 5.28. The monoisotopic (exact) mass is 253 g/mol. The van der Waals surface area contributed by atoms with E-state index in [9.17, 15) is 0 Å². The number of hydrogen-bond acceptors (Lipinski definition) is 1. The summed E-state index contributed by atoms with van der Waals surface area (Å²) in [5.74, 6) is 0. The SMILES string of the molecule is CC.CCCC.CCCC.Cc1ccc(N)cc1. The molecule has 1 heteroatoms. The molecule has 0 amide bonds. The summed E-state index contributed by atoms with van der Waals surface area (Å²) >= 11 is 0. The number of rotatable bonds is 2. The van der Waals surface area contributed by atoms with Crippen molar-refractivity contribution in [3.63, 3.8) is 0 Å². The van der Waals surface area contributed by atoms with Gasteiger partial charge in [-0.3, -0.25) is 0 Å². The van der Waals surface area contributed by atoms with Crippen LogP contribution in [-0.4, -0.2) is 0 Å². The van der Waals surface area contributed by atoms with Crippen LogP contribution in [-0.2, 0) is 0 Å². The zero-order chi connectivity index (χ0) is 14.8. The molecule has 0 aliphatic rings. The molecule has 0 spiro atoms. The fraction of sp³-hybridized carbons (Fsp3) is 0.647. The summed E-state index contributed by atoms with van der Waals surface area (Å²) in [5.41, 5.74) is 7.51. The van der Waals surface area contributed by atoms with Gasteiger partial charge in [-0.05, 0) is 19.1 Å². The highest BCUT2D eigenvalue weighted by Crippen LogP contribution is 2.02. The third-order valence-electron chi connectivity index (χ3n) is 2.08. The van der Waals surface area contributed by atoms with E-state index in [1.165, 1.54) is 31.2 Å². The van der Waals surface area contributed by atoms with Crippen LogP contribution in [0.3, 0.4) is 0 Å². The average Bonchev–Trinajstić information content (AvgIpc) is 2.45. The Morgan fingerprint density at radius 3 is 1.17 bits per heavy atom. The van der Waals surface area contributed by atoms with Crippen LogP contribution in [0, 0.1) is 6.92 Å². The second kappa shape index (κ2) is 21.3. The second-order valence-corrected chi connectivity index (χ2v) is 3.91. The molecule has 0 fully saturated rings. The zero-order valence-electron chi connectivity index (χ0n) is 13.7. The largest absolute Gasteiger partial charge is 0.399 e. The summed E-state index contributed by atoms with van der Waals surface area (Å²) in [5, 5.41) is 0. The normalized spacial score (nSPS) is 7.72. The molecule has 1 rings (SSSR count). The number of nitrogens with two attached hydrogens (primary N) is 1. The molecular formula is C17H35N. The topological polar surface area (TPSA) is 26.0 Å². The van der Waals surface area contributed by atoms with E-state index in [1.54, 1.807) is 0 Å². The van der Waals surface area contributed by atoms with Gasteiger partial charge in [0.25, 0.3) is 0 Å². The van der Waals surface area contributed by atoms with Crippen LogP contribution in [0.2, 0.25) is 0 Å². The molecule has 2 N–H and O–H groups in total. The lowest BCUT2D eigenvalue weighted by molar-refractivity contribution is 0.886. The van der Waals surface area contributed by atoms with E-state index < -0.39 is 0 Å². The third-order valence-corrected chi connectivity index (χ3v) is 2.08. The minimum atomic E-state index is 0.829. The molecule has 1 nitrogen and oxygen atoms in total. The standard InChI is InChI=1S/C7H9N.2C4H10.C2H6/c1-6-2-4-7(8)5-3-6;2*1-3-4-2;1-2/h2-5H,8H2,1H3;2*3-4H2,1-2H3;1-2H3. The first-order valence-electron chi connectivity index (χ1n) is 7.44. The average molecular weight is 253 g/mol. The number of anilines is 1. The molecule has 1 aromatic rings. The van der Waals surface area contributed by atoms with Crippen molar-refractivity contribution in [3.8, 4) is 0 Å². The van der Waals surface area contributed by atoms with E-state index in [2.05, 4.69) is 27.7 Å². The highest BCUT2D eigenvalue weighted by atomic mass is 14.5. The van der Waals surface area contributed by atoms with Gasteiger partial charge in [0.1, 0.15) is 0 Å². The first-order valence-corrected chi connectivity index (χ1v) is 7.44.